The molecule has 0 spiro atoms. The van der Waals surface area contributed by atoms with Crippen molar-refractivity contribution in [1.29, 1.82) is 0 Å². The van der Waals surface area contributed by atoms with Gasteiger partial charge in [0.05, 0.1) is 12.3 Å². The second kappa shape index (κ2) is 7.95. The highest BCUT2D eigenvalue weighted by molar-refractivity contribution is 6.01. The van der Waals surface area contributed by atoms with Crippen molar-refractivity contribution >= 4 is 17.3 Å². The van der Waals surface area contributed by atoms with Gasteiger partial charge in [0.2, 0.25) is 0 Å². The van der Waals surface area contributed by atoms with E-state index in [1.807, 2.05) is 32.9 Å². The third-order valence-electron chi connectivity index (χ3n) is 4.44. The summed E-state index contributed by atoms with van der Waals surface area (Å²) >= 11 is 0. The van der Waals surface area contributed by atoms with Crippen LogP contribution >= 0.6 is 0 Å². The molecule has 128 valence electrons. The standard InChI is InChI=1S/C20H27N3O/c1-13(2)17-8-7-15(4)19(11-17)22-23-20(24)12-21-18-9-6-14(3)10-16(18)5/h6-7,9-10,17,21H,1,8,11-12H2,2-5H3,(H,23,24)/b22-19+/t17-/m0/s1. The lowest BCUT2D eigenvalue weighted by molar-refractivity contribution is -0.119. The summed E-state index contributed by atoms with van der Waals surface area (Å²) in [6, 6.07) is 6.12. The van der Waals surface area contributed by atoms with Crippen LogP contribution in [0, 0.1) is 19.8 Å². The van der Waals surface area contributed by atoms with Gasteiger partial charge in [-0.1, -0.05) is 35.9 Å². The Labute approximate surface area is 144 Å². The topological polar surface area (TPSA) is 53.5 Å². The van der Waals surface area contributed by atoms with Crippen LogP contribution in [0.1, 0.15) is 37.8 Å². The van der Waals surface area contributed by atoms with Crippen molar-refractivity contribution in [3.63, 3.8) is 0 Å². The summed E-state index contributed by atoms with van der Waals surface area (Å²) in [7, 11) is 0. The molecule has 1 aromatic rings. The maximum atomic E-state index is 12.0. The van der Waals surface area contributed by atoms with Crippen LogP contribution in [0.25, 0.3) is 0 Å². The third-order valence-corrected chi connectivity index (χ3v) is 4.44. The zero-order valence-corrected chi connectivity index (χ0v) is 15.1. The Morgan fingerprint density at radius 1 is 1.33 bits per heavy atom. The summed E-state index contributed by atoms with van der Waals surface area (Å²) in [6.07, 6.45) is 4.01. The predicted octanol–water partition coefficient (Wildman–Crippen LogP) is 4.12. The lowest BCUT2D eigenvalue weighted by Gasteiger charge is -2.22. The molecule has 0 bridgehead atoms. The number of benzene rings is 1. The zero-order chi connectivity index (χ0) is 17.7. The van der Waals surface area contributed by atoms with E-state index in [1.165, 1.54) is 5.56 Å². The molecule has 1 aromatic carbocycles. The van der Waals surface area contributed by atoms with E-state index in [0.717, 1.165) is 41.0 Å². The molecule has 0 aliphatic heterocycles. The molecule has 2 rings (SSSR count). The first-order chi connectivity index (χ1) is 11.4. The van der Waals surface area contributed by atoms with Crippen molar-refractivity contribution in [2.24, 2.45) is 11.0 Å². The molecular formula is C20H27N3O. The number of amides is 1. The molecule has 1 amide bonds. The van der Waals surface area contributed by atoms with Gasteiger partial charge in [-0.2, -0.15) is 5.10 Å². The number of hydrazone groups is 1. The minimum absolute atomic E-state index is 0.146. The fourth-order valence-electron chi connectivity index (χ4n) is 2.78. The van der Waals surface area contributed by atoms with Gasteiger partial charge in [0.25, 0.3) is 5.91 Å². The number of nitrogens with one attached hydrogen (secondary N) is 2. The average molecular weight is 325 g/mol. The summed E-state index contributed by atoms with van der Waals surface area (Å²) in [5.74, 6) is 0.269. The molecule has 1 aliphatic rings. The molecule has 24 heavy (non-hydrogen) atoms. The maximum absolute atomic E-state index is 12.0. The molecule has 0 heterocycles. The molecule has 4 heteroatoms. The first-order valence-corrected chi connectivity index (χ1v) is 8.36. The Balaban J connectivity index is 1.91. The number of hydrogen-bond acceptors (Lipinski definition) is 3. The monoisotopic (exact) mass is 325 g/mol. The Kier molecular flexibility index (Phi) is 5.96. The van der Waals surface area contributed by atoms with Crippen molar-refractivity contribution < 1.29 is 4.79 Å². The zero-order valence-electron chi connectivity index (χ0n) is 15.1. The van der Waals surface area contributed by atoms with Crippen molar-refractivity contribution in [1.82, 2.24) is 5.43 Å². The summed E-state index contributed by atoms with van der Waals surface area (Å²) in [4.78, 5) is 12.0. The third kappa shape index (κ3) is 4.82. The fourth-order valence-corrected chi connectivity index (χ4v) is 2.78. The molecule has 4 nitrogen and oxygen atoms in total. The Morgan fingerprint density at radius 3 is 2.75 bits per heavy atom. The summed E-state index contributed by atoms with van der Waals surface area (Å²) in [6.45, 7) is 12.4. The highest BCUT2D eigenvalue weighted by Crippen LogP contribution is 2.26. The fraction of sp³-hybridized carbons (Fsp3) is 0.400. The van der Waals surface area contributed by atoms with E-state index in [0.29, 0.717) is 5.92 Å². The molecule has 1 atom stereocenters. The number of rotatable bonds is 5. The van der Waals surface area contributed by atoms with Gasteiger partial charge in [0.15, 0.2) is 0 Å². The molecule has 0 unspecified atom stereocenters. The van der Waals surface area contributed by atoms with E-state index in [1.54, 1.807) is 0 Å². The Hall–Kier alpha value is -2.36. The molecule has 0 saturated carbocycles. The summed E-state index contributed by atoms with van der Waals surface area (Å²) in [5, 5.41) is 7.47. The van der Waals surface area contributed by atoms with Crippen molar-refractivity contribution in [3.8, 4) is 0 Å². The molecule has 0 aromatic heterocycles. The Morgan fingerprint density at radius 2 is 2.08 bits per heavy atom. The number of carbonyl (C=O) groups is 1. The highest BCUT2D eigenvalue weighted by atomic mass is 16.2. The van der Waals surface area contributed by atoms with Gasteiger partial charge in [-0.15, -0.1) is 0 Å². The van der Waals surface area contributed by atoms with Gasteiger partial charge in [-0.3, -0.25) is 4.79 Å². The number of carbonyl (C=O) groups excluding carboxylic acids is 1. The van der Waals surface area contributed by atoms with Gasteiger partial charge in [0.1, 0.15) is 0 Å². The molecule has 0 fully saturated rings. The van der Waals surface area contributed by atoms with Crippen molar-refractivity contribution in [2.75, 3.05) is 11.9 Å². The first-order valence-electron chi connectivity index (χ1n) is 8.36. The number of anilines is 1. The van der Waals surface area contributed by atoms with Crippen LogP contribution in [-0.4, -0.2) is 18.2 Å². The molecule has 0 saturated heterocycles. The first kappa shape index (κ1) is 18.0. The summed E-state index contributed by atoms with van der Waals surface area (Å²) in [5.41, 5.74) is 9.20. The van der Waals surface area contributed by atoms with Gasteiger partial charge < -0.3 is 5.32 Å². The van der Waals surface area contributed by atoms with E-state index in [-0.39, 0.29) is 12.5 Å². The van der Waals surface area contributed by atoms with Crippen molar-refractivity contribution in [2.45, 2.75) is 40.5 Å². The minimum Gasteiger partial charge on any atom is -0.376 e. The van der Waals surface area contributed by atoms with Crippen LogP contribution in [0.15, 0.2) is 47.1 Å². The average Bonchev–Trinajstić information content (AvgIpc) is 2.53. The normalized spacial score (nSPS) is 18.9. The lowest BCUT2D eigenvalue weighted by atomic mass is 9.85. The van der Waals surface area contributed by atoms with Crippen molar-refractivity contribution in [3.05, 3.63) is 53.1 Å². The van der Waals surface area contributed by atoms with E-state index in [9.17, 15) is 4.79 Å². The summed E-state index contributed by atoms with van der Waals surface area (Å²) < 4.78 is 0. The van der Waals surface area contributed by atoms with Crippen LogP contribution < -0.4 is 10.7 Å². The second-order valence-electron chi connectivity index (χ2n) is 6.64. The molecular weight excluding hydrogens is 298 g/mol. The van der Waals surface area contributed by atoms with Crippen LogP contribution in [0.4, 0.5) is 5.69 Å². The molecule has 2 N–H and O–H groups in total. The van der Waals surface area contributed by atoms with E-state index < -0.39 is 0 Å². The second-order valence-corrected chi connectivity index (χ2v) is 6.64. The van der Waals surface area contributed by atoms with Gasteiger partial charge in [0, 0.05) is 5.69 Å². The van der Waals surface area contributed by atoms with Gasteiger partial charge in [-0.25, -0.2) is 5.43 Å². The number of aryl methyl sites for hydroxylation is 2. The number of allylic oxidation sites excluding steroid dienone is 3. The smallest absolute Gasteiger partial charge is 0.259 e. The maximum Gasteiger partial charge on any atom is 0.259 e. The predicted molar refractivity (Wildman–Crippen MR) is 101 cm³/mol. The van der Waals surface area contributed by atoms with E-state index >= 15 is 0 Å². The SMILES string of the molecule is C=C(C)[C@H]1CC=C(C)/C(=N/NC(=O)CNc2ccc(C)cc2C)C1. The molecule has 0 radical (unpaired) electrons. The van der Waals surface area contributed by atoms with Gasteiger partial charge in [-0.05, 0) is 63.7 Å². The molecule has 1 aliphatic carbocycles. The van der Waals surface area contributed by atoms with Crippen LogP contribution in [0.3, 0.4) is 0 Å². The Bertz CT molecular complexity index is 701. The number of nitrogens with zero attached hydrogens (tertiary/aromatic N) is 1. The minimum atomic E-state index is -0.146. The van der Waals surface area contributed by atoms with Crippen LogP contribution in [-0.2, 0) is 4.79 Å². The van der Waals surface area contributed by atoms with E-state index in [4.69, 9.17) is 0 Å². The van der Waals surface area contributed by atoms with Crippen LogP contribution in [0.5, 0.6) is 0 Å². The van der Waals surface area contributed by atoms with E-state index in [2.05, 4.69) is 41.5 Å². The lowest BCUT2D eigenvalue weighted by Crippen LogP contribution is -2.28. The van der Waals surface area contributed by atoms with Gasteiger partial charge >= 0.3 is 0 Å². The quantitative estimate of drug-likeness (QED) is 0.632. The highest BCUT2D eigenvalue weighted by Gasteiger charge is 2.18. The van der Waals surface area contributed by atoms with Crippen LogP contribution in [0.2, 0.25) is 0 Å². The number of hydrogen-bond donors (Lipinski definition) is 2. The largest absolute Gasteiger partial charge is 0.376 e.